The molecule has 7 nitrogen and oxygen atoms in total. The van der Waals surface area contributed by atoms with Crippen LogP contribution in [-0.2, 0) is 11.3 Å². The van der Waals surface area contributed by atoms with E-state index in [0.717, 1.165) is 21.1 Å². The van der Waals surface area contributed by atoms with Gasteiger partial charge in [-0.2, -0.15) is 0 Å². The van der Waals surface area contributed by atoms with E-state index in [1.165, 1.54) is 29.0 Å². The van der Waals surface area contributed by atoms with Crippen molar-refractivity contribution in [2.75, 3.05) is 5.32 Å². The minimum atomic E-state index is -1.14. The van der Waals surface area contributed by atoms with E-state index >= 15 is 0 Å². The van der Waals surface area contributed by atoms with Gasteiger partial charge in [-0.05, 0) is 17.5 Å². The Kier molecular flexibility index (Phi) is 5.14. The van der Waals surface area contributed by atoms with E-state index in [4.69, 9.17) is 5.73 Å². The van der Waals surface area contributed by atoms with Crippen LogP contribution in [0.3, 0.4) is 0 Å². The lowest BCUT2D eigenvalue weighted by Gasteiger charge is -2.10. The number of amides is 2. The van der Waals surface area contributed by atoms with Gasteiger partial charge >= 0.3 is 0 Å². The standard InChI is InChI=1S/C19H12F2N4O3S2/c20-11-5-12(21)13(4-9(11)17(22)27)24-15(26)6-25-8-23-18-16(19(25)28)10(7-30-18)14-2-1-3-29-14/h1-5,7-8H,6H2,(H2,22,27)(H,24,26). The summed E-state index contributed by atoms with van der Waals surface area (Å²) in [7, 11) is 0. The number of primary amides is 1. The van der Waals surface area contributed by atoms with Crippen LogP contribution in [0, 0.1) is 11.6 Å². The maximum Gasteiger partial charge on any atom is 0.263 e. The number of fused-ring (bicyclic) bond motifs is 1. The second kappa shape index (κ2) is 7.76. The highest BCUT2D eigenvalue weighted by Crippen LogP contribution is 2.33. The Bertz CT molecular complexity index is 1350. The van der Waals surface area contributed by atoms with Crippen molar-refractivity contribution in [1.29, 1.82) is 0 Å². The number of benzene rings is 1. The zero-order chi connectivity index (χ0) is 21.4. The molecule has 0 aliphatic carbocycles. The van der Waals surface area contributed by atoms with Crippen LogP contribution < -0.4 is 16.6 Å². The summed E-state index contributed by atoms with van der Waals surface area (Å²) in [5.74, 6) is -4.08. The predicted octanol–water partition coefficient (Wildman–Crippen LogP) is 3.20. The predicted molar refractivity (Wildman–Crippen MR) is 111 cm³/mol. The molecule has 0 atom stereocenters. The summed E-state index contributed by atoms with van der Waals surface area (Å²) in [5.41, 5.74) is 4.36. The molecule has 3 N–H and O–H groups in total. The van der Waals surface area contributed by atoms with Gasteiger partial charge in [0.1, 0.15) is 23.0 Å². The lowest BCUT2D eigenvalue weighted by molar-refractivity contribution is -0.116. The number of carbonyl (C=O) groups excluding carboxylic acids is 2. The van der Waals surface area contributed by atoms with Crippen LogP contribution in [0.1, 0.15) is 10.4 Å². The molecule has 0 aliphatic heterocycles. The Labute approximate surface area is 175 Å². The van der Waals surface area contributed by atoms with E-state index in [2.05, 4.69) is 10.3 Å². The monoisotopic (exact) mass is 446 g/mol. The molecule has 0 aliphatic rings. The number of anilines is 1. The smallest absolute Gasteiger partial charge is 0.263 e. The minimum Gasteiger partial charge on any atom is -0.366 e. The van der Waals surface area contributed by atoms with E-state index in [-0.39, 0.29) is 0 Å². The SMILES string of the molecule is NC(=O)c1cc(NC(=O)Cn2cnc3scc(-c4cccs4)c3c2=O)c(F)cc1F. The number of carbonyl (C=O) groups is 2. The number of nitrogens with zero attached hydrogens (tertiary/aromatic N) is 2. The van der Waals surface area contributed by atoms with Crippen molar-refractivity contribution in [1.82, 2.24) is 9.55 Å². The van der Waals surface area contributed by atoms with Gasteiger partial charge in [-0.25, -0.2) is 13.8 Å². The molecule has 0 unspecified atom stereocenters. The summed E-state index contributed by atoms with van der Waals surface area (Å²) in [5, 5.41) is 6.33. The minimum absolute atomic E-state index is 0.390. The van der Waals surface area contributed by atoms with Crippen molar-refractivity contribution in [3.05, 3.63) is 68.9 Å². The summed E-state index contributed by atoms with van der Waals surface area (Å²) in [6.45, 7) is -0.454. The molecule has 0 saturated carbocycles. The zero-order valence-electron chi connectivity index (χ0n) is 15.0. The molecule has 3 aromatic heterocycles. The summed E-state index contributed by atoms with van der Waals surface area (Å²) < 4.78 is 28.6. The first kappa shape index (κ1) is 19.9. The fourth-order valence-electron chi connectivity index (χ4n) is 2.87. The number of thiophene rings is 2. The molecule has 152 valence electrons. The molecule has 11 heteroatoms. The number of nitrogens with two attached hydrogens (primary N) is 1. The Morgan fingerprint density at radius 2 is 2.00 bits per heavy atom. The number of nitrogens with one attached hydrogen (secondary N) is 1. The van der Waals surface area contributed by atoms with Crippen molar-refractivity contribution in [2.45, 2.75) is 6.54 Å². The lowest BCUT2D eigenvalue weighted by Crippen LogP contribution is -2.28. The maximum absolute atomic E-state index is 14.0. The summed E-state index contributed by atoms with van der Waals surface area (Å²) in [4.78, 5) is 42.2. The first-order valence-corrected chi connectivity index (χ1v) is 10.2. The van der Waals surface area contributed by atoms with Crippen LogP contribution in [-0.4, -0.2) is 21.4 Å². The highest BCUT2D eigenvalue weighted by molar-refractivity contribution is 7.18. The van der Waals surface area contributed by atoms with Crippen molar-refractivity contribution in [3.8, 4) is 10.4 Å². The van der Waals surface area contributed by atoms with E-state index in [1.54, 1.807) is 0 Å². The van der Waals surface area contributed by atoms with Crippen LogP contribution in [0.5, 0.6) is 0 Å². The fourth-order valence-corrected chi connectivity index (χ4v) is 4.59. The van der Waals surface area contributed by atoms with Crippen molar-refractivity contribution in [2.24, 2.45) is 5.73 Å². The maximum atomic E-state index is 14.0. The highest BCUT2D eigenvalue weighted by Gasteiger charge is 2.18. The normalized spacial score (nSPS) is 11.0. The lowest BCUT2D eigenvalue weighted by atomic mass is 10.1. The third-order valence-electron chi connectivity index (χ3n) is 4.26. The van der Waals surface area contributed by atoms with Gasteiger partial charge in [-0.3, -0.25) is 19.0 Å². The van der Waals surface area contributed by atoms with E-state index in [0.29, 0.717) is 16.3 Å². The summed E-state index contributed by atoms with van der Waals surface area (Å²) in [6.07, 6.45) is 1.23. The molecule has 0 bridgehead atoms. The molecule has 1 aromatic carbocycles. The van der Waals surface area contributed by atoms with Gasteiger partial charge in [0.15, 0.2) is 0 Å². The van der Waals surface area contributed by atoms with E-state index < -0.39 is 46.8 Å². The van der Waals surface area contributed by atoms with Crippen LogP contribution in [0.25, 0.3) is 20.7 Å². The Morgan fingerprint density at radius 1 is 1.20 bits per heavy atom. The average molecular weight is 446 g/mol. The largest absolute Gasteiger partial charge is 0.366 e. The molecule has 0 radical (unpaired) electrons. The Balaban J connectivity index is 1.64. The molecular formula is C19H12F2N4O3S2. The number of hydrogen-bond donors (Lipinski definition) is 2. The molecule has 2 amide bonds. The molecule has 3 heterocycles. The number of aromatic nitrogens is 2. The molecule has 0 saturated heterocycles. The molecule has 30 heavy (non-hydrogen) atoms. The van der Waals surface area contributed by atoms with Crippen molar-refractivity contribution < 1.29 is 18.4 Å². The van der Waals surface area contributed by atoms with Crippen molar-refractivity contribution >= 4 is 50.4 Å². The van der Waals surface area contributed by atoms with Gasteiger partial charge in [-0.1, -0.05) is 6.07 Å². The van der Waals surface area contributed by atoms with Gasteiger partial charge in [0.25, 0.3) is 11.5 Å². The fraction of sp³-hybridized carbons (Fsp3) is 0.0526. The van der Waals surface area contributed by atoms with Crippen LogP contribution in [0.4, 0.5) is 14.5 Å². The quantitative estimate of drug-likeness (QED) is 0.491. The zero-order valence-corrected chi connectivity index (χ0v) is 16.7. The van der Waals surface area contributed by atoms with Gasteiger partial charge in [0.05, 0.1) is 23.0 Å². The molecule has 0 fully saturated rings. The average Bonchev–Trinajstić information content (AvgIpc) is 3.35. The van der Waals surface area contributed by atoms with Crippen LogP contribution in [0.2, 0.25) is 0 Å². The van der Waals surface area contributed by atoms with Gasteiger partial charge in [0, 0.05) is 21.9 Å². The van der Waals surface area contributed by atoms with Gasteiger partial charge < -0.3 is 11.1 Å². The number of halogens is 2. The third-order valence-corrected chi connectivity index (χ3v) is 6.05. The van der Waals surface area contributed by atoms with Crippen LogP contribution in [0.15, 0.2) is 46.1 Å². The second-order valence-electron chi connectivity index (χ2n) is 6.21. The summed E-state index contributed by atoms with van der Waals surface area (Å²) in [6, 6.07) is 5.00. The van der Waals surface area contributed by atoms with Gasteiger partial charge in [-0.15, -0.1) is 22.7 Å². The first-order chi connectivity index (χ1) is 14.3. The van der Waals surface area contributed by atoms with Crippen molar-refractivity contribution in [3.63, 3.8) is 0 Å². The van der Waals surface area contributed by atoms with Crippen LogP contribution >= 0.6 is 22.7 Å². The van der Waals surface area contributed by atoms with Gasteiger partial charge in [0.2, 0.25) is 5.91 Å². The number of rotatable bonds is 5. The topological polar surface area (TPSA) is 107 Å². The Morgan fingerprint density at radius 3 is 2.70 bits per heavy atom. The first-order valence-electron chi connectivity index (χ1n) is 8.44. The highest BCUT2D eigenvalue weighted by atomic mass is 32.1. The second-order valence-corrected chi connectivity index (χ2v) is 8.01. The van der Waals surface area contributed by atoms with E-state index in [9.17, 15) is 23.2 Å². The Hall–Kier alpha value is -3.44. The molecule has 4 rings (SSSR count). The molecule has 0 spiro atoms. The molecule has 4 aromatic rings. The van der Waals surface area contributed by atoms with E-state index in [1.807, 2.05) is 22.9 Å². The molecular weight excluding hydrogens is 434 g/mol. The third kappa shape index (κ3) is 3.60. The summed E-state index contributed by atoms with van der Waals surface area (Å²) >= 11 is 2.79. The number of hydrogen-bond acceptors (Lipinski definition) is 6.